The number of nitrogens with one attached hydrogen (secondary N) is 1. The van der Waals surface area contributed by atoms with Gasteiger partial charge in [-0.25, -0.2) is 4.98 Å². The lowest BCUT2D eigenvalue weighted by atomic mass is 10.1. The molecule has 1 N–H and O–H groups in total. The first-order chi connectivity index (χ1) is 7.61. The van der Waals surface area contributed by atoms with Crippen LogP contribution in [0.5, 0.6) is 0 Å². The lowest BCUT2D eigenvalue weighted by Crippen LogP contribution is -2.09. The molecule has 0 fully saturated rings. The minimum absolute atomic E-state index is 0.0414. The zero-order chi connectivity index (χ0) is 11.7. The fourth-order valence-electron chi connectivity index (χ4n) is 1.72. The Hall–Kier alpha value is -1.42. The second-order valence-corrected chi connectivity index (χ2v) is 4.67. The van der Waals surface area contributed by atoms with E-state index in [4.69, 9.17) is 0 Å². The van der Waals surface area contributed by atoms with Crippen LogP contribution in [-0.4, -0.2) is 10.9 Å². The molecule has 0 radical (unpaired) electrons. The van der Waals surface area contributed by atoms with Crippen molar-refractivity contribution >= 4 is 33.1 Å². The number of pyridine rings is 1. The van der Waals surface area contributed by atoms with Gasteiger partial charge in [0, 0.05) is 22.9 Å². The average Bonchev–Trinajstić information content (AvgIpc) is 2.61. The number of aromatic nitrogens is 1. The highest BCUT2D eigenvalue weighted by Crippen LogP contribution is 2.31. The summed E-state index contributed by atoms with van der Waals surface area (Å²) in [6, 6.07) is 2.04. The average molecular weight is 234 g/mol. The maximum atomic E-state index is 11.4. The van der Waals surface area contributed by atoms with Gasteiger partial charge in [-0.3, -0.25) is 4.79 Å². The molecule has 2 rings (SSSR count). The van der Waals surface area contributed by atoms with E-state index < -0.39 is 0 Å². The van der Waals surface area contributed by atoms with Gasteiger partial charge in [-0.2, -0.15) is 0 Å². The van der Waals surface area contributed by atoms with E-state index in [1.807, 2.05) is 32.2 Å². The summed E-state index contributed by atoms with van der Waals surface area (Å²) in [6.45, 7) is 5.88. The molecule has 0 aliphatic carbocycles. The Balaban J connectivity index is 2.52. The van der Waals surface area contributed by atoms with Gasteiger partial charge in [0.25, 0.3) is 0 Å². The van der Waals surface area contributed by atoms with Crippen molar-refractivity contribution < 1.29 is 4.79 Å². The Morgan fingerprint density at radius 1 is 1.50 bits per heavy atom. The molecule has 0 bridgehead atoms. The summed E-state index contributed by atoms with van der Waals surface area (Å²) < 4.78 is 0. The monoisotopic (exact) mass is 234 g/mol. The number of anilines is 1. The second kappa shape index (κ2) is 4.22. The molecule has 2 aromatic rings. The smallest absolute Gasteiger partial charge is 0.224 e. The van der Waals surface area contributed by atoms with Crippen molar-refractivity contribution in [1.82, 2.24) is 4.98 Å². The summed E-state index contributed by atoms with van der Waals surface area (Å²) in [4.78, 5) is 16.8. The molecule has 2 heterocycles. The molecule has 1 amide bonds. The molecule has 0 aliphatic heterocycles. The van der Waals surface area contributed by atoms with Gasteiger partial charge < -0.3 is 5.32 Å². The first-order valence-electron chi connectivity index (χ1n) is 5.27. The fourth-order valence-corrected chi connectivity index (χ4v) is 2.71. The third-order valence-corrected chi connectivity index (χ3v) is 3.34. The predicted molar refractivity (Wildman–Crippen MR) is 68.0 cm³/mol. The van der Waals surface area contributed by atoms with Crippen molar-refractivity contribution in [1.29, 1.82) is 0 Å². The fraction of sp³-hybridized carbons (Fsp3) is 0.333. The van der Waals surface area contributed by atoms with E-state index in [2.05, 4.69) is 10.3 Å². The van der Waals surface area contributed by atoms with Gasteiger partial charge in [-0.1, -0.05) is 6.92 Å². The number of carbonyl (C=O) groups excluding carboxylic acids is 1. The Kier molecular flexibility index (Phi) is 2.92. The maximum absolute atomic E-state index is 11.4. The predicted octanol–water partition coefficient (Wildman–Crippen LogP) is 3.26. The zero-order valence-corrected chi connectivity index (χ0v) is 10.4. The first-order valence-corrected chi connectivity index (χ1v) is 6.15. The van der Waals surface area contributed by atoms with E-state index in [0.717, 1.165) is 27.2 Å². The third kappa shape index (κ3) is 1.93. The second-order valence-electron chi connectivity index (χ2n) is 3.81. The molecule has 0 aliphatic rings. The van der Waals surface area contributed by atoms with Crippen LogP contribution in [0.4, 0.5) is 5.69 Å². The molecular formula is C12H14N2OS. The molecule has 0 unspecified atom stereocenters. The number of aryl methyl sites for hydroxylation is 2. The number of fused-ring (bicyclic) bond motifs is 1. The van der Waals surface area contributed by atoms with Crippen molar-refractivity contribution in [3.05, 3.63) is 22.7 Å². The van der Waals surface area contributed by atoms with Gasteiger partial charge in [0.2, 0.25) is 5.91 Å². The largest absolute Gasteiger partial charge is 0.325 e. The molecule has 0 saturated carbocycles. The number of rotatable bonds is 2. The normalized spacial score (nSPS) is 10.7. The quantitative estimate of drug-likeness (QED) is 0.866. The molecule has 16 heavy (non-hydrogen) atoms. The SMILES string of the molecule is CCC(=O)Nc1csc2nc(C)cc(C)c12. The third-order valence-electron chi connectivity index (χ3n) is 2.46. The molecule has 0 spiro atoms. The van der Waals surface area contributed by atoms with Crippen molar-refractivity contribution in [2.75, 3.05) is 5.32 Å². The standard InChI is InChI=1S/C12H14N2OS/c1-4-10(15)14-9-6-16-12-11(9)7(2)5-8(3)13-12/h5-6H,4H2,1-3H3,(H,14,15). The Morgan fingerprint density at radius 2 is 2.25 bits per heavy atom. The number of hydrogen-bond donors (Lipinski definition) is 1. The summed E-state index contributed by atoms with van der Waals surface area (Å²) in [5.41, 5.74) is 3.06. The highest BCUT2D eigenvalue weighted by molar-refractivity contribution is 7.17. The molecule has 0 atom stereocenters. The molecule has 4 heteroatoms. The highest BCUT2D eigenvalue weighted by atomic mass is 32.1. The minimum Gasteiger partial charge on any atom is -0.325 e. The van der Waals surface area contributed by atoms with Crippen LogP contribution in [0.25, 0.3) is 10.2 Å². The molecule has 2 aromatic heterocycles. The summed E-state index contributed by atoms with van der Waals surface area (Å²) >= 11 is 1.57. The first kappa shape index (κ1) is 11.1. The molecular weight excluding hydrogens is 220 g/mol. The van der Waals surface area contributed by atoms with Crippen LogP contribution in [0, 0.1) is 13.8 Å². The van der Waals surface area contributed by atoms with Crippen molar-refractivity contribution in [3.63, 3.8) is 0 Å². The number of thiophene rings is 1. The Morgan fingerprint density at radius 3 is 2.94 bits per heavy atom. The van der Waals surface area contributed by atoms with E-state index in [9.17, 15) is 4.79 Å². The van der Waals surface area contributed by atoms with Crippen molar-refractivity contribution in [2.24, 2.45) is 0 Å². The van der Waals surface area contributed by atoms with Crippen LogP contribution < -0.4 is 5.32 Å². The van der Waals surface area contributed by atoms with E-state index >= 15 is 0 Å². The Bertz CT molecular complexity index is 545. The highest BCUT2D eigenvalue weighted by Gasteiger charge is 2.10. The lowest BCUT2D eigenvalue weighted by molar-refractivity contribution is -0.115. The number of amides is 1. The van der Waals surface area contributed by atoms with Gasteiger partial charge in [-0.15, -0.1) is 11.3 Å². The topological polar surface area (TPSA) is 42.0 Å². The van der Waals surface area contributed by atoms with Gasteiger partial charge in [-0.05, 0) is 25.5 Å². The summed E-state index contributed by atoms with van der Waals surface area (Å²) in [6.07, 6.45) is 0.496. The van der Waals surface area contributed by atoms with Gasteiger partial charge >= 0.3 is 0 Å². The minimum atomic E-state index is 0.0414. The van der Waals surface area contributed by atoms with Crippen LogP contribution in [0.15, 0.2) is 11.4 Å². The maximum Gasteiger partial charge on any atom is 0.224 e. The number of nitrogens with zero attached hydrogens (tertiary/aromatic N) is 1. The van der Waals surface area contributed by atoms with Gasteiger partial charge in [0.05, 0.1) is 5.69 Å². The van der Waals surface area contributed by atoms with Gasteiger partial charge in [0.1, 0.15) is 4.83 Å². The summed E-state index contributed by atoms with van der Waals surface area (Å²) in [5.74, 6) is 0.0414. The van der Waals surface area contributed by atoms with Crippen LogP contribution in [-0.2, 0) is 4.79 Å². The van der Waals surface area contributed by atoms with E-state index in [1.54, 1.807) is 11.3 Å². The number of hydrogen-bond acceptors (Lipinski definition) is 3. The van der Waals surface area contributed by atoms with Crippen LogP contribution in [0.1, 0.15) is 24.6 Å². The summed E-state index contributed by atoms with van der Waals surface area (Å²) in [5, 5.41) is 5.93. The molecule has 0 aromatic carbocycles. The van der Waals surface area contributed by atoms with E-state index in [-0.39, 0.29) is 5.91 Å². The Labute approximate surface area is 98.5 Å². The van der Waals surface area contributed by atoms with E-state index in [1.165, 1.54) is 0 Å². The molecule has 84 valence electrons. The summed E-state index contributed by atoms with van der Waals surface area (Å²) in [7, 11) is 0. The van der Waals surface area contributed by atoms with Crippen molar-refractivity contribution in [3.8, 4) is 0 Å². The zero-order valence-electron chi connectivity index (χ0n) is 9.63. The van der Waals surface area contributed by atoms with E-state index in [0.29, 0.717) is 6.42 Å². The van der Waals surface area contributed by atoms with Gasteiger partial charge in [0.15, 0.2) is 0 Å². The van der Waals surface area contributed by atoms with Crippen LogP contribution in [0.3, 0.4) is 0 Å². The van der Waals surface area contributed by atoms with Crippen molar-refractivity contribution in [2.45, 2.75) is 27.2 Å². The molecule has 0 saturated heterocycles. The van der Waals surface area contributed by atoms with Crippen LogP contribution in [0.2, 0.25) is 0 Å². The number of carbonyl (C=O) groups is 1. The van der Waals surface area contributed by atoms with Crippen LogP contribution >= 0.6 is 11.3 Å². The lowest BCUT2D eigenvalue weighted by Gasteiger charge is -2.04. The molecule has 3 nitrogen and oxygen atoms in total.